The van der Waals surface area contributed by atoms with Gasteiger partial charge in [0.2, 0.25) is 0 Å². The molecule has 0 aromatic carbocycles. The zero-order valence-electron chi connectivity index (χ0n) is 8.62. The lowest BCUT2D eigenvalue weighted by Crippen LogP contribution is -1.97. The van der Waals surface area contributed by atoms with E-state index in [9.17, 15) is 0 Å². The molecule has 2 heterocycles. The fraction of sp³-hybridized carbons (Fsp3) is 0.417. The molecule has 1 atom stereocenters. The fourth-order valence-electron chi connectivity index (χ4n) is 2.53. The molecule has 0 aliphatic heterocycles. The van der Waals surface area contributed by atoms with Crippen LogP contribution in [-0.2, 0) is 6.42 Å². The number of hydrogen-bond donors (Lipinski definition) is 0. The molecule has 72 valence electrons. The Morgan fingerprint density at radius 3 is 3.21 bits per heavy atom. The topological polar surface area (TPSA) is 17.3 Å². The molecule has 2 nitrogen and oxygen atoms in total. The molecule has 14 heavy (non-hydrogen) atoms. The Labute approximate surface area is 83.6 Å². The number of hydrogen-bond acceptors (Lipinski definition) is 1. The van der Waals surface area contributed by atoms with Crippen molar-refractivity contribution in [3.63, 3.8) is 0 Å². The van der Waals surface area contributed by atoms with E-state index in [4.69, 9.17) is 0 Å². The first-order chi connectivity index (χ1) is 6.77. The van der Waals surface area contributed by atoms with E-state index in [1.807, 2.05) is 6.20 Å². The van der Waals surface area contributed by atoms with Gasteiger partial charge in [-0.15, -0.1) is 0 Å². The van der Waals surface area contributed by atoms with Gasteiger partial charge in [-0.2, -0.15) is 0 Å². The Balaban J connectivity index is 2.43. The van der Waals surface area contributed by atoms with E-state index < -0.39 is 0 Å². The number of rotatable bonds is 0. The summed E-state index contributed by atoms with van der Waals surface area (Å²) < 4.78 is 2.26. The normalized spacial score (nSPS) is 20.3. The third-order valence-electron chi connectivity index (χ3n) is 3.33. The quantitative estimate of drug-likeness (QED) is 0.618. The summed E-state index contributed by atoms with van der Waals surface area (Å²) in [7, 11) is 0. The molecule has 2 heteroatoms. The Hall–Kier alpha value is -1.31. The average molecular weight is 186 g/mol. The van der Waals surface area contributed by atoms with Gasteiger partial charge in [-0.05, 0) is 36.8 Å². The van der Waals surface area contributed by atoms with Crippen molar-refractivity contribution in [2.24, 2.45) is 0 Å². The van der Waals surface area contributed by atoms with Crippen LogP contribution in [0.4, 0.5) is 0 Å². The monoisotopic (exact) mass is 186 g/mol. The van der Waals surface area contributed by atoms with Crippen molar-refractivity contribution < 1.29 is 0 Å². The smallest absolute Gasteiger partial charge is 0.139 e. The van der Waals surface area contributed by atoms with Crippen LogP contribution in [0.1, 0.15) is 36.1 Å². The predicted octanol–water partition coefficient (Wildman–Crippen LogP) is 2.69. The minimum atomic E-state index is 0.718. The number of imidazole rings is 1. The van der Waals surface area contributed by atoms with Crippen LogP contribution in [0.15, 0.2) is 18.5 Å². The molecule has 2 aromatic heterocycles. The van der Waals surface area contributed by atoms with E-state index in [0.717, 1.165) is 11.6 Å². The highest BCUT2D eigenvalue weighted by Crippen LogP contribution is 2.33. The fourth-order valence-corrected chi connectivity index (χ4v) is 2.53. The molecule has 0 amide bonds. The third-order valence-corrected chi connectivity index (χ3v) is 3.33. The Morgan fingerprint density at radius 1 is 1.50 bits per heavy atom. The second kappa shape index (κ2) is 2.59. The van der Waals surface area contributed by atoms with E-state index in [1.165, 1.54) is 29.7 Å². The summed E-state index contributed by atoms with van der Waals surface area (Å²) >= 11 is 0. The Bertz CT molecular complexity index is 496. The summed E-state index contributed by atoms with van der Waals surface area (Å²) in [6.07, 6.45) is 6.46. The lowest BCUT2D eigenvalue weighted by Gasteiger charge is -2.08. The predicted molar refractivity (Wildman–Crippen MR) is 56.7 cm³/mol. The molecular weight excluding hydrogens is 172 g/mol. The van der Waals surface area contributed by atoms with Gasteiger partial charge in [-0.3, -0.25) is 0 Å². The molecule has 2 aromatic rings. The van der Waals surface area contributed by atoms with Gasteiger partial charge >= 0.3 is 0 Å². The molecule has 1 aliphatic carbocycles. The molecule has 0 saturated carbocycles. The van der Waals surface area contributed by atoms with Gasteiger partial charge in [-0.25, -0.2) is 4.98 Å². The number of aromatic nitrogens is 2. The van der Waals surface area contributed by atoms with Crippen LogP contribution >= 0.6 is 0 Å². The van der Waals surface area contributed by atoms with Crippen LogP contribution in [0.25, 0.3) is 5.65 Å². The highest BCUT2D eigenvalue weighted by Gasteiger charge is 2.21. The zero-order valence-corrected chi connectivity index (χ0v) is 8.62. The molecule has 0 N–H and O–H groups in total. The molecule has 1 unspecified atom stereocenters. The summed E-state index contributed by atoms with van der Waals surface area (Å²) in [5.74, 6) is 0.718. The van der Waals surface area contributed by atoms with Gasteiger partial charge < -0.3 is 4.40 Å². The molecule has 0 saturated heterocycles. The minimum absolute atomic E-state index is 0.718. The molecule has 0 bridgehead atoms. The average Bonchev–Trinajstić information content (AvgIpc) is 2.74. The maximum absolute atomic E-state index is 4.38. The highest BCUT2D eigenvalue weighted by atomic mass is 15.0. The van der Waals surface area contributed by atoms with Crippen LogP contribution in [0, 0.1) is 6.92 Å². The summed E-state index contributed by atoms with van der Waals surface area (Å²) in [4.78, 5) is 4.38. The Morgan fingerprint density at radius 2 is 2.36 bits per heavy atom. The van der Waals surface area contributed by atoms with Gasteiger partial charge in [0.25, 0.3) is 0 Å². The lowest BCUT2D eigenvalue weighted by atomic mass is 10.0. The van der Waals surface area contributed by atoms with Crippen molar-refractivity contribution in [2.75, 3.05) is 0 Å². The van der Waals surface area contributed by atoms with Gasteiger partial charge in [0.05, 0.1) is 0 Å². The van der Waals surface area contributed by atoms with E-state index >= 15 is 0 Å². The summed E-state index contributed by atoms with van der Waals surface area (Å²) in [6, 6.07) is 2.31. The van der Waals surface area contributed by atoms with Crippen LogP contribution in [-0.4, -0.2) is 9.38 Å². The molecule has 0 spiro atoms. The van der Waals surface area contributed by atoms with Crippen LogP contribution in [0.3, 0.4) is 0 Å². The second-order valence-electron chi connectivity index (χ2n) is 4.29. The molecular formula is C12H14N2. The molecule has 1 aliphatic rings. The van der Waals surface area contributed by atoms with E-state index in [-0.39, 0.29) is 0 Å². The van der Waals surface area contributed by atoms with E-state index in [2.05, 4.69) is 35.5 Å². The lowest BCUT2D eigenvalue weighted by molar-refractivity contribution is 0.745. The van der Waals surface area contributed by atoms with Crippen LogP contribution in [0.5, 0.6) is 0 Å². The zero-order chi connectivity index (χ0) is 9.71. The number of fused-ring (bicyclic) bond motifs is 3. The van der Waals surface area contributed by atoms with Crippen molar-refractivity contribution in [3.05, 3.63) is 35.3 Å². The number of nitrogens with zero attached hydrogens (tertiary/aromatic N) is 2. The highest BCUT2D eigenvalue weighted by molar-refractivity contribution is 5.52. The Kier molecular flexibility index (Phi) is 1.49. The summed E-state index contributed by atoms with van der Waals surface area (Å²) in [6.45, 7) is 4.46. The van der Waals surface area contributed by atoms with E-state index in [1.54, 1.807) is 0 Å². The van der Waals surface area contributed by atoms with Crippen LogP contribution in [0.2, 0.25) is 0 Å². The summed E-state index contributed by atoms with van der Waals surface area (Å²) in [5, 5.41) is 0. The van der Waals surface area contributed by atoms with Crippen molar-refractivity contribution in [2.45, 2.75) is 32.6 Å². The first-order valence-electron chi connectivity index (χ1n) is 5.23. The number of aryl methyl sites for hydroxylation is 2. The van der Waals surface area contributed by atoms with Gasteiger partial charge in [-0.1, -0.05) is 13.0 Å². The minimum Gasteiger partial charge on any atom is -0.304 e. The van der Waals surface area contributed by atoms with Gasteiger partial charge in [0.1, 0.15) is 5.65 Å². The van der Waals surface area contributed by atoms with E-state index in [0.29, 0.717) is 0 Å². The second-order valence-corrected chi connectivity index (χ2v) is 4.29. The maximum atomic E-state index is 4.38. The molecule has 0 fully saturated rings. The maximum Gasteiger partial charge on any atom is 0.139 e. The van der Waals surface area contributed by atoms with Crippen molar-refractivity contribution in [1.82, 2.24) is 9.38 Å². The largest absolute Gasteiger partial charge is 0.304 e. The SMILES string of the molecule is Cc1cc2c(n3ccnc13)CCC2C. The van der Waals surface area contributed by atoms with Crippen molar-refractivity contribution in [3.8, 4) is 0 Å². The first kappa shape index (κ1) is 8.04. The van der Waals surface area contributed by atoms with Crippen molar-refractivity contribution >= 4 is 5.65 Å². The third kappa shape index (κ3) is 0.884. The standard InChI is InChI=1S/C12H14N2/c1-8-3-4-11-10(8)7-9(2)12-13-5-6-14(11)12/h5-8H,3-4H2,1-2H3. The number of pyridine rings is 1. The van der Waals surface area contributed by atoms with Gasteiger partial charge in [0, 0.05) is 18.1 Å². The molecule has 3 rings (SSSR count). The summed E-state index contributed by atoms with van der Waals surface area (Å²) in [5.41, 5.74) is 5.41. The van der Waals surface area contributed by atoms with Gasteiger partial charge in [0.15, 0.2) is 0 Å². The van der Waals surface area contributed by atoms with Crippen LogP contribution < -0.4 is 0 Å². The molecule has 0 radical (unpaired) electrons. The first-order valence-corrected chi connectivity index (χ1v) is 5.23. The van der Waals surface area contributed by atoms with Crippen molar-refractivity contribution in [1.29, 1.82) is 0 Å².